The second-order valence-electron chi connectivity index (χ2n) is 3.44. The van der Waals surface area contributed by atoms with E-state index >= 15 is 0 Å². The van der Waals surface area contributed by atoms with Gasteiger partial charge in [0.15, 0.2) is 0 Å². The van der Waals surface area contributed by atoms with Crippen LogP contribution in [0.25, 0.3) is 0 Å². The molecule has 0 amide bonds. The van der Waals surface area contributed by atoms with Crippen LogP contribution in [0.1, 0.15) is 11.1 Å². The molecule has 2 aromatic rings. The van der Waals surface area contributed by atoms with Crippen LogP contribution < -0.4 is 0 Å². The molecular formula is C15H12N2S2. The van der Waals surface area contributed by atoms with Crippen molar-refractivity contribution in [2.45, 2.75) is 9.79 Å². The SMILES string of the molecule is CSc1ccccc1C#N.N#Cc1ccccc1S. The number of nitriles is 2. The molecule has 0 N–H and O–H groups in total. The smallest absolute Gasteiger partial charge is 0.100 e. The molecule has 0 aliphatic carbocycles. The number of benzene rings is 2. The Morgan fingerprint density at radius 3 is 1.84 bits per heavy atom. The van der Waals surface area contributed by atoms with E-state index in [0.717, 1.165) is 15.4 Å². The Labute approximate surface area is 123 Å². The fourth-order valence-corrected chi connectivity index (χ4v) is 2.06. The molecule has 0 radical (unpaired) electrons. The number of hydrogen-bond acceptors (Lipinski definition) is 4. The third-order valence-corrected chi connectivity index (χ3v) is 3.44. The minimum Gasteiger partial charge on any atom is -0.192 e. The second-order valence-corrected chi connectivity index (χ2v) is 4.77. The first-order valence-corrected chi connectivity index (χ1v) is 7.11. The Balaban J connectivity index is 0.000000191. The molecule has 0 aromatic heterocycles. The van der Waals surface area contributed by atoms with Crippen molar-refractivity contribution in [2.24, 2.45) is 0 Å². The van der Waals surface area contributed by atoms with E-state index in [9.17, 15) is 0 Å². The summed E-state index contributed by atoms with van der Waals surface area (Å²) < 4.78 is 0. The van der Waals surface area contributed by atoms with Crippen LogP contribution in [-0.2, 0) is 0 Å². The summed E-state index contributed by atoms with van der Waals surface area (Å²) in [5.41, 5.74) is 1.39. The molecule has 19 heavy (non-hydrogen) atoms. The van der Waals surface area contributed by atoms with Crippen LogP contribution in [0, 0.1) is 22.7 Å². The van der Waals surface area contributed by atoms with E-state index in [4.69, 9.17) is 10.5 Å². The molecule has 2 nitrogen and oxygen atoms in total. The van der Waals surface area contributed by atoms with Gasteiger partial charge >= 0.3 is 0 Å². The van der Waals surface area contributed by atoms with Gasteiger partial charge in [-0.05, 0) is 30.5 Å². The third kappa shape index (κ3) is 4.71. The van der Waals surface area contributed by atoms with Gasteiger partial charge in [0.2, 0.25) is 0 Å². The van der Waals surface area contributed by atoms with E-state index in [2.05, 4.69) is 18.7 Å². The topological polar surface area (TPSA) is 47.6 Å². The van der Waals surface area contributed by atoms with Crippen LogP contribution in [0.3, 0.4) is 0 Å². The first-order chi connectivity index (χ1) is 9.22. The molecule has 0 bridgehead atoms. The summed E-state index contributed by atoms with van der Waals surface area (Å²) in [7, 11) is 0. The van der Waals surface area contributed by atoms with Crippen molar-refractivity contribution in [1.29, 1.82) is 10.5 Å². The highest BCUT2D eigenvalue weighted by atomic mass is 32.2. The van der Waals surface area contributed by atoms with Crippen LogP contribution in [-0.4, -0.2) is 6.26 Å². The lowest BCUT2D eigenvalue weighted by Gasteiger charge is -1.95. The molecule has 0 fully saturated rings. The van der Waals surface area contributed by atoms with Crippen LogP contribution >= 0.6 is 24.4 Å². The number of thioether (sulfide) groups is 1. The van der Waals surface area contributed by atoms with E-state index in [0.29, 0.717) is 5.56 Å². The maximum Gasteiger partial charge on any atom is 0.100 e. The largest absolute Gasteiger partial charge is 0.192 e. The van der Waals surface area contributed by atoms with E-state index < -0.39 is 0 Å². The van der Waals surface area contributed by atoms with Crippen LogP contribution in [0.2, 0.25) is 0 Å². The van der Waals surface area contributed by atoms with Gasteiger partial charge in [-0.2, -0.15) is 10.5 Å². The van der Waals surface area contributed by atoms with Crippen molar-refractivity contribution in [3.63, 3.8) is 0 Å². The quantitative estimate of drug-likeness (QED) is 0.633. The minimum atomic E-state index is 0.626. The second kappa shape index (κ2) is 8.26. The Bertz CT molecular complexity index is 625. The molecule has 2 rings (SSSR count). The highest BCUT2D eigenvalue weighted by molar-refractivity contribution is 7.98. The molecule has 0 heterocycles. The lowest BCUT2D eigenvalue weighted by atomic mass is 10.2. The average molecular weight is 284 g/mol. The molecule has 0 unspecified atom stereocenters. The molecular weight excluding hydrogens is 272 g/mol. The lowest BCUT2D eigenvalue weighted by Crippen LogP contribution is -1.76. The molecule has 2 aromatic carbocycles. The minimum absolute atomic E-state index is 0.626. The zero-order chi connectivity index (χ0) is 14.1. The maximum atomic E-state index is 8.59. The number of thiol groups is 1. The summed E-state index contributed by atoms with van der Waals surface area (Å²) in [6.45, 7) is 0. The first-order valence-electron chi connectivity index (χ1n) is 5.44. The van der Waals surface area contributed by atoms with E-state index in [-0.39, 0.29) is 0 Å². The van der Waals surface area contributed by atoms with Gasteiger partial charge < -0.3 is 0 Å². The zero-order valence-electron chi connectivity index (χ0n) is 10.4. The molecule has 0 aliphatic heterocycles. The van der Waals surface area contributed by atoms with Gasteiger partial charge in [0.05, 0.1) is 11.1 Å². The molecule has 0 saturated heterocycles. The van der Waals surface area contributed by atoms with Gasteiger partial charge in [-0.3, -0.25) is 0 Å². The Hall–Kier alpha value is -1.88. The van der Waals surface area contributed by atoms with Crippen molar-refractivity contribution in [3.05, 3.63) is 59.7 Å². The van der Waals surface area contributed by atoms with Crippen molar-refractivity contribution in [3.8, 4) is 12.1 Å². The summed E-state index contributed by atoms with van der Waals surface area (Å²) in [4.78, 5) is 1.78. The van der Waals surface area contributed by atoms with Gasteiger partial charge in [-0.15, -0.1) is 24.4 Å². The predicted octanol–water partition coefficient (Wildman–Crippen LogP) is 4.13. The first kappa shape index (κ1) is 15.2. The van der Waals surface area contributed by atoms with Crippen molar-refractivity contribution < 1.29 is 0 Å². The van der Waals surface area contributed by atoms with Crippen LogP contribution in [0.5, 0.6) is 0 Å². The molecule has 0 aliphatic rings. The monoisotopic (exact) mass is 284 g/mol. The molecule has 0 saturated carbocycles. The van der Waals surface area contributed by atoms with E-state index in [1.54, 1.807) is 23.9 Å². The van der Waals surface area contributed by atoms with E-state index in [1.807, 2.05) is 48.7 Å². The van der Waals surface area contributed by atoms with Gasteiger partial charge in [0, 0.05) is 9.79 Å². The number of nitrogens with zero attached hydrogens (tertiary/aromatic N) is 2. The maximum absolute atomic E-state index is 8.59. The Kier molecular flexibility index (Phi) is 6.60. The third-order valence-electron chi connectivity index (χ3n) is 2.25. The summed E-state index contributed by atoms with van der Waals surface area (Å²) in [6, 6.07) is 18.9. The molecule has 0 spiro atoms. The van der Waals surface area contributed by atoms with Crippen molar-refractivity contribution in [1.82, 2.24) is 0 Å². The fourth-order valence-electron chi connectivity index (χ4n) is 1.31. The summed E-state index contributed by atoms with van der Waals surface area (Å²) >= 11 is 5.65. The zero-order valence-corrected chi connectivity index (χ0v) is 12.1. The number of hydrogen-bond donors (Lipinski definition) is 1. The van der Waals surface area contributed by atoms with Crippen molar-refractivity contribution >= 4 is 24.4 Å². The van der Waals surface area contributed by atoms with Crippen molar-refractivity contribution in [2.75, 3.05) is 6.26 Å². The lowest BCUT2D eigenvalue weighted by molar-refractivity contribution is 1.37. The standard InChI is InChI=1S/C8H7NS.C7H5NS/c1-10-8-5-3-2-4-7(8)6-9;8-5-6-3-1-2-4-7(6)9/h2-5H,1H3;1-4,9H. The summed E-state index contributed by atoms with van der Waals surface area (Å²) in [6.07, 6.45) is 1.97. The van der Waals surface area contributed by atoms with Crippen LogP contribution in [0.4, 0.5) is 0 Å². The van der Waals surface area contributed by atoms with Gasteiger partial charge in [-0.25, -0.2) is 0 Å². The average Bonchev–Trinajstić information content (AvgIpc) is 2.48. The molecule has 94 valence electrons. The van der Waals surface area contributed by atoms with E-state index in [1.165, 1.54) is 0 Å². The highest BCUT2D eigenvalue weighted by Crippen LogP contribution is 2.18. The Morgan fingerprint density at radius 2 is 1.42 bits per heavy atom. The van der Waals surface area contributed by atoms with Gasteiger partial charge in [0.25, 0.3) is 0 Å². The normalized spacial score (nSPS) is 8.63. The van der Waals surface area contributed by atoms with Gasteiger partial charge in [0.1, 0.15) is 12.1 Å². The summed E-state index contributed by atoms with van der Waals surface area (Å²) in [5.74, 6) is 0. The summed E-state index contributed by atoms with van der Waals surface area (Å²) in [5, 5.41) is 17.0. The Morgan fingerprint density at radius 1 is 0.895 bits per heavy atom. The fraction of sp³-hybridized carbons (Fsp3) is 0.0667. The predicted molar refractivity (Wildman–Crippen MR) is 81.3 cm³/mol. The molecule has 0 atom stereocenters. The van der Waals surface area contributed by atoms with Gasteiger partial charge in [-0.1, -0.05) is 24.3 Å². The highest BCUT2D eigenvalue weighted by Gasteiger charge is 1.95. The number of rotatable bonds is 1. The van der Waals surface area contributed by atoms with Crippen LogP contribution in [0.15, 0.2) is 58.3 Å². The molecule has 4 heteroatoms.